The van der Waals surface area contributed by atoms with Gasteiger partial charge < -0.3 is 20.0 Å². The third-order valence-electron chi connectivity index (χ3n) is 6.47. The first-order valence-corrected chi connectivity index (χ1v) is 12.2. The zero-order valence-corrected chi connectivity index (χ0v) is 23.2. The number of aryl methyl sites for hydroxylation is 1. The topological polar surface area (TPSA) is 72.2 Å². The molecule has 1 unspecified atom stereocenters. The fraction of sp³-hybridized carbons (Fsp3) is 0.783. The molecule has 10 heteroatoms. The highest BCUT2D eigenvalue weighted by Crippen LogP contribution is 2.18. The van der Waals surface area contributed by atoms with E-state index in [1.54, 1.807) is 0 Å². The molecule has 1 atom stereocenters. The number of guanidine groups is 1. The summed E-state index contributed by atoms with van der Waals surface area (Å²) in [5.74, 6) is 1.26. The molecule has 3 rings (SSSR count). The Morgan fingerprint density at radius 3 is 2.30 bits per heavy atom. The molecule has 0 spiro atoms. The van der Waals surface area contributed by atoms with Crippen LogP contribution in [0.3, 0.4) is 0 Å². The lowest BCUT2D eigenvalue weighted by atomic mass is 10.1. The van der Waals surface area contributed by atoms with Crippen LogP contribution in [-0.4, -0.2) is 114 Å². The first-order chi connectivity index (χ1) is 15.5. The summed E-state index contributed by atoms with van der Waals surface area (Å²) in [5.41, 5.74) is 1.17. The van der Waals surface area contributed by atoms with Crippen molar-refractivity contribution in [2.75, 3.05) is 73.0 Å². The van der Waals surface area contributed by atoms with Crippen molar-refractivity contribution in [3.8, 4) is 0 Å². The first-order valence-electron chi connectivity index (χ1n) is 12.2. The predicted molar refractivity (Wildman–Crippen MR) is 144 cm³/mol. The van der Waals surface area contributed by atoms with Crippen LogP contribution in [0.15, 0.2) is 17.4 Å². The first kappa shape index (κ1) is 27.8. The molecular formula is C23H43IN8O. The summed E-state index contributed by atoms with van der Waals surface area (Å²) in [6.07, 6.45) is 8.79. The lowest BCUT2D eigenvalue weighted by molar-refractivity contribution is -0.132. The lowest BCUT2D eigenvalue weighted by Crippen LogP contribution is -2.54. The van der Waals surface area contributed by atoms with Gasteiger partial charge in [0.25, 0.3) is 0 Å². The maximum atomic E-state index is 12.7. The standard InChI is InChI=1S/C23H42N8O.HI/c1-5-24-23(25-17-21(27(2)3)20-16-26-28(4)18-20)31-14-12-29(13-15-31)19-22(32)30-10-8-6-7-9-11-30;/h16,18,21H,5-15,17,19H2,1-4H3,(H,24,25);1H. The number of hydrogen-bond acceptors (Lipinski definition) is 5. The molecule has 3 heterocycles. The molecule has 2 saturated heterocycles. The number of aliphatic imine (C=N–C) groups is 1. The van der Waals surface area contributed by atoms with Crippen molar-refractivity contribution in [1.29, 1.82) is 0 Å². The minimum Gasteiger partial charge on any atom is -0.357 e. The number of aromatic nitrogens is 2. The van der Waals surface area contributed by atoms with E-state index in [-0.39, 0.29) is 30.0 Å². The van der Waals surface area contributed by atoms with E-state index in [0.29, 0.717) is 19.0 Å². The lowest BCUT2D eigenvalue weighted by Gasteiger charge is -2.37. The number of hydrogen-bond donors (Lipinski definition) is 1. The van der Waals surface area contributed by atoms with Gasteiger partial charge >= 0.3 is 0 Å². The average Bonchev–Trinajstić information content (AvgIpc) is 3.02. The Morgan fingerprint density at radius 2 is 1.76 bits per heavy atom. The summed E-state index contributed by atoms with van der Waals surface area (Å²) in [5, 5.41) is 7.78. The predicted octanol–water partition coefficient (Wildman–Crippen LogP) is 1.63. The van der Waals surface area contributed by atoms with Crippen LogP contribution < -0.4 is 5.32 Å². The van der Waals surface area contributed by atoms with E-state index in [4.69, 9.17) is 4.99 Å². The van der Waals surface area contributed by atoms with E-state index in [1.807, 2.05) is 17.9 Å². The van der Waals surface area contributed by atoms with Crippen LogP contribution >= 0.6 is 24.0 Å². The number of halogens is 1. The molecule has 33 heavy (non-hydrogen) atoms. The van der Waals surface area contributed by atoms with Gasteiger partial charge in [0.15, 0.2) is 5.96 Å². The number of likely N-dealkylation sites (tertiary alicyclic amines) is 1. The summed E-state index contributed by atoms with van der Waals surface area (Å²) in [6, 6.07) is 0.185. The highest BCUT2D eigenvalue weighted by molar-refractivity contribution is 14.0. The van der Waals surface area contributed by atoms with Crippen molar-refractivity contribution in [2.24, 2.45) is 12.0 Å². The third-order valence-corrected chi connectivity index (χ3v) is 6.47. The van der Waals surface area contributed by atoms with Gasteiger partial charge in [-0.1, -0.05) is 12.8 Å². The van der Waals surface area contributed by atoms with E-state index >= 15 is 0 Å². The fourth-order valence-corrected chi connectivity index (χ4v) is 4.51. The van der Waals surface area contributed by atoms with Crippen molar-refractivity contribution in [3.63, 3.8) is 0 Å². The number of piperazine rings is 1. The van der Waals surface area contributed by atoms with Gasteiger partial charge in [0.1, 0.15) is 0 Å². The van der Waals surface area contributed by atoms with Crippen LogP contribution in [-0.2, 0) is 11.8 Å². The second-order valence-electron chi connectivity index (χ2n) is 9.18. The van der Waals surface area contributed by atoms with Crippen molar-refractivity contribution in [2.45, 2.75) is 38.6 Å². The van der Waals surface area contributed by atoms with E-state index in [9.17, 15) is 4.79 Å². The van der Waals surface area contributed by atoms with Crippen LogP contribution in [0.25, 0.3) is 0 Å². The zero-order chi connectivity index (χ0) is 22.9. The molecule has 1 amide bonds. The molecule has 0 radical (unpaired) electrons. The summed E-state index contributed by atoms with van der Waals surface area (Å²) >= 11 is 0. The molecule has 1 N–H and O–H groups in total. The molecule has 0 aliphatic carbocycles. The summed E-state index contributed by atoms with van der Waals surface area (Å²) < 4.78 is 1.84. The molecule has 1 aromatic heterocycles. The fourth-order valence-electron chi connectivity index (χ4n) is 4.51. The molecule has 1 aromatic rings. The summed E-state index contributed by atoms with van der Waals surface area (Å²) in [4.78, 5) is 26.6. The maximum Gasteiger partial charge on any atom is 0.236 e. The highest BCUT2D eigenvalue weighted by Gasteiger charge is 2.24. The van der Waals surface area contributed by atoms with Crippen molar-refractivity contribution in [1.82, 2.24) is 34.7 Å². The van der Waals surface area contributed by atoms with Gasteiger partial charge in [0.2, 0.25) is 5.91 Å². The molecule has 0 saturated carbocycles. The summed E-state index contributed by atoms with van der Waals surface area (Å²) in [7, 11) is 6.11. The maximum absolute atomic E-state index is 12.7. The zero-order valence-electron chi connectivity index (χ0n) is 20.9. The van der Waals surface area contributed by atoms with Crippen molar-refractivity contribution in [3.05, 3.63) is 18.0 Å². The van der Waals surface area contributed by atoms with Gasteiger partial charge in [-0.15, -0.1) is 24.0 Å². The molecule has 188 valence electrons. The van der Waals surface area contributed by atoms with Gasteiger partial charge in [0.05, 0.1) is 25.3 Å². The SMILES string of the molecule is CCNC(=NCC(c1cnn(C)c1)N(C)C)N1CCN(CC(=O)N2CCCCCC2)CC1.I. The van der Waals surface area contributed by atoms with Crippen molar-refractivity contribution >= 4 is 35.8 Å². The van der Waals surface area contributed by atoms with Gasteiger partial charge in [-0.05, 0) is 33.9 Å². The summed E-state index contributed by atoms with van der Waals surface area (Å²) in [6.45, 7) is 9.59. The second kappa shape index (κ2) is 14.1. The number of rotatable bonds is 7. The van der Waals surface area contributed by atoms with Crippen LogP contribution in [0.2, 0.25) is 0 Å². The Morgan fingerprint density at radius 1 is 1.09 bits per heavy atom. The molecule has 9 nitrogen and oxygen atoms in total. The average molecular weight is 575 g/mol. The third kappa shape index (κ3) is 8.40. The van der Waals surface area contributed by atoms with Gasteiger partial charge in [0, 0.05) is 64.6 Å². The second-order valence-corrected chi connectivity index (χ2v) is 9.18. The minimum atomic E-state index is 0. The molecular weight excluding hydrogens is 531 g/mol. The Balaban J connectivity index is 0.00000385. The number of carbonyl (C=O) groups excluding carboxylic acids is 1. The monoisotopic (exact) mass is 574 g/mol. The number of nitrogens with zero attached hydrogens (tertiary/aromatic N) is 7. The Hall–Kier alpha value is -1.40. The number of amides is 1. The van der Waals surface area contributed by atoms with Crippen LogP contribution in [0.4, 0.5) is 0 Å². The van der Waals surface area contributed by atoms with E-state index in [0.717, 1.165) is 64.6 Å². The van der Waals surface area contributed by atoms with Crippen LogP contribution in [0.1, 0.15) is 44.2 Å². The van der Waals surface area contributed by atoms with E-state index in [1.165, 1.54) is 18.4 Å². The molecule has 2 fully saturated rings. The normalized spacial score (nSPS) is 19.2. The van der Waals surface area contributed by atoms with Crippen molar-refractivity contribution < 1.29 is 4.79 Å². The largest absolute Gasteiger partial charge is 0.357 e. The Bertz CT molecular complexity index is 737. The molecule has 0 bridgehead atoms. The number of carbonyl (C=O) groups is 1. The van der Waals surface area contributed by atoms with E-state index < -0.39 is 0 Å². The molecule has 0 aromatic carbocycles. The Kier molecular flexibility index (Phi) is 11.9. The van der Waals surface area contributed by atoms with E-state index in [2.05, 4.69) is 57.2 Å². The van der Waals surface area contributed by atoms with Gasteiger partial charge in [-0.3, -0.25) is 19.4 Å². The number of likely N-dealkylation sites (N-methyl/N-ethyl adjacent to an activating group) is 1. The quantitative estimate of drug-likeness (QED) is 0.304. The smallest absolute Gasteiger partial charge is 0.236 e. The van der Waals surface area contributed by atoms with Crippen LogP contribution in [0, 0.1) is 0 Å². The molecule has 2 aliphatic rings. The molecule has 2 aliphatic heterocycles. The number of nitrogens with one attached hydrogen (secondary N) is 1. The highest BCUT2D eigenvalue weighted by atomic mass is 127. The minimum absolute atomic E-state index is 0. The van der Waals surface area contributed by atoms with Crippen LogP contribution in [0.5, 0.6) is 0 Å². The van der Waals surface area contributed by atoms with Gasteiger partial charge in [-0.25, -0.2) is 0 Å². The van der Waals surface area contributed by atoms with Gasteiger partial charge in [-0.2, -0.15) is 5.10 Å². The Labute approximate surface area is 216 Å².